The lowest BCUT2D eigenvalue weighted by Crippen LogP contribution is -2.10. The summed E-state index contributed by atoms with van der Waals surface area (Å²) in [7, 11) is 0. The molecule has 2 nitrogen and oxygen atoms in total. The van der Waals surface area contributed by atoms with Gasteiger partial charge in [-0.3, -0.25) is 0 Å². The van der Waals surface area contributed by atoms with Crippen molar-refractivity contribution < 1.29 is 0 Å². The van der Waals surface area contributed by atoms with E-state index >= 15 is 0 Å². The van der Waals surface area contributed by atoms with Gasteiger partial charge in [-0.05, 0) is 36.2 Å². The Hall–Kier alpha value is -2.27. The molecule has 0 radical (unpaired) electrons. The zero-order chi connectivity index (χ0) is 14.2. The molecule has 2 rings (SSSR count). The average Bonchev–Trinajstić information content (AvgIpc) is 2.53. The molecule has 0 spiro atoms. The molecule has 2 aromatic carbocycles. The van der Waals surface area contributed by atoms with Gasteiger partial charge in [0.2, 0.25) is 0 Å². The molecule has 102 valence electrons. The Balaban J connectivity index is 2.13. The van der Waals surface area contributed by atoms with E-state index in [-0.39, 0.29) is 0 Å². The molecule has 1 N–H and O–H groups in total. The van der Waals surface area contributed by atoms with Crippen LogP contribution in [0, 0.1) is 11.3 Å². The SMILES string of the molecule is CCCCC(Nc1ccc(C#N)cc1)c1ccccc1. The van der Waals surface area contributed by atoms with Crippen LogP contribution in [0.5, 0.6) is 0 Å². The smallest absolute Gasteiger partial charge is 0.0991 e. The Kier molecular flexibility index (Phi) is 5.20. The maximum atomic E-state index is 8.83. The van der Waals surface area contributed by atoms with Crippen molar-refractivity contribution >= 4 is 5.69 Å². The lowest BCUT2D eigenvalue weighted by Gasteiger charge is -2.20. The van der Waals surface area contributed by atoms with Crippen LogP contribution >= 0.6 is 0 Å². The van der Waals surface area contributed by atoms with Gasteiger partial charge in [-0.2, -0.15) is 5.26 Å². The number of hydrogen-bond acceptors (Lipinski definition) is 2. The van der Waals surface area contributed by atoms with Gasteiger partial charge in [-0.1, -0.05) is 50.1 Å². The zero-order valence-corrected chi connectivity index (χ0v) is 11.8. The maximum absolute atomic E-state index is 8.83. The summed E-state index contributed by atoms with van der Waals surface area (Å²) in [6, 6.07) is 20.6. The maximum Gasteiger partial charge on any atom is 0.0991 e. The van der Waals surface area contributed by atoms with E-state index in [1.165, 1.54) is 18.4 Å². The first-order chi connectivity index (χ1) is 9.83. The molecular formula is C18H20N2. The van der Waals surface area contributed by atoms with Crippen LogP contribution in [-0.2, 0) is 0 Å². The van der Waals surface area contributed by atoms with Crippen molar-refractivity contribution in [3.63, 3.8) is 0 Å². The van der Waals surface area contributed by atoms with Crippen LogP contribution in [0.4, 0.5) is 5.69 Å². The van der Waals surface area contributed by atoms with Gasteiger partial charge in [-0.25, -0.2) is 0 Å². The third kappa shape index (κ3) is 3.86. The van der Waals surface area contributed by atoms with Crippen molar-refractivity contribution in [2.75, 3.05) is 5.32 Å². The number of nitrogens with one attached hydrogen (secondary N) is 1. The van der Waals surface area contributed by atoms with Gasteiger partial charge in [0, 0.05) is 5.69 Å². The molecule has 0 saturated heterocycles. The summed E-state index contributed by atoms with van der Waals surface area (Å²) in [4.78, 5) is 0. The highest BCUT2D eigenvalue weighted by Gasteiger charge is 2.10. The second-order valence-electron chi connectivity index (χ2n) is 4.94. The Bertz CT molecular complexity index is 552. The monoisotopic (exact) mass is 264 g/mol. The molecule has 0 bridgehead atoms. The number of rotatable bonds is 6. The Labute approximate surface area is 121 Å². The van der Waals surface area contributed by atoms with Crippen LogP contribution in [0.15, 0.2) is 54.6 Å². The molecular weight excluding hydrogens is 244 g/mol. The minimum absolute atomic E-state index is 0.323. The van der Waals surface area contributed by atoms with Gasteiger partial charge in [0.05, 0.1) is 17.7 Å². The highest BCUT2D eigenvalue weighted by Crippen LogP contribution is 2.24. The van der Waals surface area contributed by atoms with Gasteiger partial charge in [-0.15, -0.1) is 0 Å². The first-order valence-electron chi connectivity index (χ1n) is 7.15. The molecule has 0 aliphatic rings. The second kappa shape index (κ2) is 7.35. The van der Waals surface area contributed by atoms with E-state index < -0.39 is 0 Å². The molecule has 0 aromatic heterocycles. The predicted octanol–water partition coefficient (Wildman–Crippen LogP) is 4.90. The first kappa shape index (κ1) is 14.1. The highest BCUT2D eigenvalue weighted by molar-refractivity contribution is 5.48. The lowest BCUT2D eigenvalue weighted by atomic mass is 10.0. The number of nitrogens with zero attached hydrogens (tertiary/aromatic N) is 1. The van der Waals surface area contributed by atoms with E-state index in [0.717, 1.165) is 12.1 Å². The van der Waals surface area contributed by atoms with E-state index in [9.17, 15) is 0 Å². The van der Waals surface area contributed by atoms with Crippen LogP contribution in [0.1, 0.15) is 43.4 Å². The van der Waals surface area contributed by atoms with Crippen molar-refractivity contribution in [1.29, 1.82) is 5.26 Å². The molecule has 2 heteroatoms. The molecule has 0 saturated carbocycles. The summed E-state index contributed by atoms with van der Waals surface area (Å²) in [6.07, 6.45) is 3.50. The molecule has 0 aliphatic heterocycles. The lowest BCUT2D eigenvalue weighted by molar-refractivity contribution is 0.634. The van der Waals surface area contributed by atoms with Crippen molar-refractivity contribution in [2.24, 2.45) is 0 Å². The van der Waals surface area contributed by atoms with E-state index in [2.05, 4.69) is 42.6 Å². The molecule has 1 atom stereocenters. The predicted molar refractivity (Wildman–Crippen MR) is 83.5 cm³/mol. The number of hydrogen-bond donors (Lipinski definition) is 1. The van der Waals surface area contributed by atoms with Crippen molar-refractivity contribution in [2.45, 2.75) is 32.2 Å². The Morgan fingerprint density at radius 3 is 2.35 bits per heavy atom. The Morgan fingerprint density at radius 2 is 1.75 bits per heavy atom. The van der Waals surface area contributed by atoms with Gasteiger partial charge in [0.25, 0.3) is 0 Å². The standard InChI is InChI=1S/C18H20N2/c1-2-3-9-18(16-7-5-4-6-8-16)20-17-12-10-15(14-19)11-13-17/h4-8,10-13,18,20H,2-3,9H2,1H3. The fourth-order valence-electron chi connectivity index (χ4n) is 2.26. The normalized spacial score (nSPS) is 11.6. The fourth-order valence-corrected chi connectivity index (χ4v) is 2.26. The number of benzene rings is 2. The minimum atomic E-state index is 0.323. The summed E-state index contributed by atoms with van der Waals surface area (Å²) in [5.41, 5.74) is 3.07. The molecule has 0 aliphatic carbocycles. The van der Waals surface area contributed by atoms with Crippen LogP contribution in [0.25, 0.3) is 0 Å². The van der Waals surface area contributed by atoms with Crippen LogP contribution in [-0.4, -0.2) is 0 Å². The van der Waals surface area contributed by atoms with Gasteiger partial charge in [0.15, 0.2) is 0 Å². The first-order valence-corrected chi connectivity index (χ1v) is 7.15. The van der Waals surface area contributed by atoms with E-state index in [1.807, 2.05) is 30.3 Å². The van der Waals surface area contributed by atoms with Crippen LogP contribution in [0.2, 0.25) is 0 Å². The molecule has 2 aromatic rings. The molecule has 20 heavy (non-hydrogen) atoms. The van der Waals surface area contributed by atoms with Gasteiger partial charge < -0.3 is 5.32 Å². The van der Waals surface area contributed by atoms with Gasteiger partial charge in [0.1, 0.15) is 0 Å². The Morgan fingerprint density at radius 1 is 1.05 bits per heavy atom. The third-order valence-corrected chi connectivity index (χ3v) is 3.40. The van der Waals surface area contributed by atoms with E-state index in [4.69, 9.17) is 5.26 Å². The van der Waals surface area contributed by atoms with Crippen molar-refractivity contribution in [1.82, 2.24) is 0 Å². The summed E-state index contributed by atoms with van der Waals surface area (Å²) in [5, 5.41) is 12.4. The summed E-state index contributed by atoms with van der Waals surface area (Å²) in [6.45, 7) is 2.21. The molecule has 0 heterocycles. The van der Waals surface area contributed by atoms with Crippen LogP contribution in [0.3, 0.4) is 0 Å². The second-order valence-corrected chi connectivity index (χ2v) is 4.94. The van der Waals surface area contributed by atoms with Crippen molar-refractivity contribution in [3.05, 3.63) is 65.7 Å². The quantitative estimate of drug-likeness (QED) is 0.805. The largest absolute Gasteiger partial charge is 0.378 e. The number of anilines is 1. The van der Waals surface area contributed by atoms with Crippen molar-refractivity contribution in [3.8, 4) is 6.07 Å². The number of unbranched alkanes of at least 4 members (excludes halogenated alkanes) is 1. The zero-order valence-electron chi connectivity index (χ0n) is 11.8. The topological polar surface area (TPSA) is 35.8 Å². The molecule has 0 fully saturated rings. The highest BCUT2D eigenvalue weighted by atomic mass is 14.9. The summed E-state index contributed by atoms with van der Waals surface area (Å²) in [5.74, 6) is 0. The minimum Gasteiger partial charge on any atom is -0.378 e. The fraction of sp³-hybridized carbons (Fsp3) is 0.278. The van der Waals surface area contributed by atoms with Gasteiger partial charge >= 0.3 is 0 Å². The number of nitriles is 1. The summed E-state index contributed by atoms with van der Waals surface area (Å²) < 4.78 is 0. The van der Waals surface area contributed by atoms with E-state index in [0.29, 0.717) is 11.6 Å². The molecule has 1 unspecified atom stereocenters. The summed E-state index contributed by atoms with van der Waals surface area (Å²) >= 11 is 0. The van der Waals surface area contributed by atoms with E-state index in [1.54, 1.807) is 0 Å². The molecule has 0 amide bonds. The third-order valence-electron chi connectivity index (χ3n) is 3.40. The van der Waals surface area contributed by atoms with Crippen LogP contribution < -0.4 is 5.32 Å². The average molecular weight is 264 g/mol.